The van der Waals surface area contributed by atoms with Crippen molar-refractivity contribution in [3.63, 3.8) is 0 Å². The lowest BCUT2D eigenvalue weighted by Gasteiger charge is -2.22. The van der Waals surface area contributed by atoms with Crippen molar-refractivity contribution >= 4 is 12.0 Å². The highest BCUT2D eigenvalue weighted by Gasteiger charge is 2.32. The van der Waals surface area contributed by atoms with Crippen LogP contribution >= 0.6 is 0 Å². The zero-order chi connectivity index (χ0) is 13.1. The summed E-state index contributed by atoms with van der Waals surface area (Å²) in [5.41, 5.74) is -1.97. The molecule has 1 saturated heterocycles. The molecule has 7 heteroatoms. The minimum atomic E-state index is -1.97. The lowest BCUT2D eigenvalue weighted by Crippen LogP contribution is -2.49. The molecule has 2 amide bonds. The van der Waals surface area contributed by atoms with E-state index in [4.69, 9.17) is 10.2 Å². The van der Waals surface area contributed by atoms with Crippen molar-refractivity contribution in [2.24, 2.45) is 5.92 Å². The number of carbonyl (C=O) groups is 2. The lowest BCUT2D eigenvalue weighted by atomic mass is 10.1. The second-order valence-corrected chi connectivity index (χ2v) is 4.52. The molecule has 7 nitrogen and oxygen atoms in total. The molecule has 0 bridgehead atoms. The van der Waals surface area contributed by atoms with E-state index in [1.165, 1.54) is 4.90 Å². The fourth-order valence-electron chi connectivity index (χ4n) is 1.60. The zero-order valence-corrected chi connectivity index (χ0v) is 9.72. The molecule has 0 aromatic carbocycles. The van der Waals surface area contributed by atoms with Crippen molar-refractivity contribution < 1.29 is 24.9 Å². The second kappa shape index (κ2) is 5.33. The summed E-state index contributed by atoms with van der Waals surface area (Å²) >= 11 is 0. The molecule has 2 unspecified atom stereocenters. The van der Waals surface area contributed by atoms with Gasteiger partial charge in [-0.3, -0.25) is 0 Å². The molecule has 1 fully saturated rings. The summed E-state index contributed by atoms with van der Waals surface area (Å²) in [7, 11) is 0. The summed E-state index contributed by atoms with van der Waals surface area (Å²) in [6.07, 6.45) is 0.735. The largest absolute Gasteiger partial charge is 0.479 e. The number of aliphatic carboxylic acids is 1. The van der Waals surface area contributed by atoms with Gasteiger partial charge in [0.25, 0.3) is 0 Å². The summed E-state index contributed by atoms with van der Waals surface area (Å²) in [6, 6.07) is -0.414. The van der Waals surface area contributed by atoms with Crippen LogP contribution in [0.5, 0.6) is 0 Å². The minimum absolute atomic E-state index is 0.0383. The van der Waals surface area contributed by atoms with Gasteiger partial charge in [0.2, 0.25) is 0 Å². The van der Waals surface area contributed by atoms with Gasteiger partial charge in [-0.2, -0.15) is 0 Å². The predicted molar refractivity (Wildman–Crippen MR) is 58.4 cm³/mol. The first-order valence-corrected chi connectivity index (χ1v) is 5.46. The smallest absolute Gasteiger partial charge is 0.337 e. The van der Waals surface area contributed by atoms with Crippen LogP contribution in [0, 0.1) is 5.92 Å². The standard InChI is InChI=1S/C10H18N2O5/c1-10(17,8(14)15)6-11-9(16)12-3-2-7(4-12)5-13/h7,13,17H,2-6H2,1H3,(H,11,16)(H,14,15). The van der Waals surface area contributed by atoms with Crippen LogP contribution in [0.25, 0.3) is 0 Å². The van der Waals surface area contributed by atoms with E-state index < -0.39 is 17.6 Å². The van der Waals surface area contributed by atoms with E-state index in [1.54, 1.807) is 0 Å². The highest BCUT2D eigenvalue weighted by Crippen LogP contribution is 2.15. The Bertz CT molecular complexity index is 305. The summed E-state index contributed by atoms with van der Waals surface area (Å²) in [6.45, 7) is 1.80. The lowest BCUT2D eigenvalue weighted by molar-refractivity contribution is -0.155. The van der Waals surface area contributed by atoms with E-state index in [-0.39, 0.29) is 19.1 Å². The molecule has 4 N–H and O–H groups in total. The van der Waals surface area contributed by atoms with Crippen LogP contribution in [0.2, 0.25) is 0 Å². The fraction of sp³-hybridized carbons (Fsp3) is 0.800. The van der Waals surface area contributed by atoms with Crippen molar-refractivity contribution in [2.75, 3.05) is 26.2 Å². The molecule has 1 rings (SSSR count). The molecule has 0 aromatic heterocycles. The number of hydrogen-bond acceptors (Lipinski definition) is 4. The highest BCUT2D eigenvalue weighted by molar-refractivity contribution is 5.79. The van der Waals surface area contributed by atoms with E-state index in [1.807, 2.05) is 0 Å². The van der Waals surface area contributed by atoms with E-state index in [2.05, 4.69) is 5.32 Å². The predicted octanol–water partition coefficient (Wildman–Crippen LogP) is -1.15. The SMILES string of the molecule is CC(O)(CNC(=O)N1CCC(CO)C1)C(=O)O. The Morgan fingerprint density at radius 1 is 1.53 bits per heavy atom. The normalized spacial score (nSPS) is 23.2. The molecule has 1 aliphatic rings. The van der Waals surface area contributed by atoms with Gasteiger partial charge in [-0.1, -0.05) is 0 Å². The maximum atomic E-state index is 11.6. The van der Waals surface area contributed by atoms with Gasteiger partial charge in [0, 0.05) is 25.6 Å². The molecule has 1 heterocycles. The topological polar surface area (TPSA) is 110 Å². The van der Waals surface area contributed by atoms with E-state index >= 15 is 0 Å². The molecular weight excluding hydrogens is 228 g/mol. The van der Waals surface area contributed by atoms with Crippen molar-refractivity contribution in [2.45, 2.75) is 18.9 Å². The van der Waals surface area contributed by atoms with Gasteiger partial charge in [0.1, 0.15) is 0 Å². The maximum Gasteiger partial charge on any atom is 0.337 e. The van der Waals surface area contributed by atoms with E-state index in [0.717, 1.165) is 13.3 Å². The first-order valence-electron chi connectivity index (χ1n) is 5.46. The highest BCUT2D eigenvalue weighted by atomic mass is 16.4. The number of rotatable bonds is 4. The van der Waals surface area contributed by atoms with Gasteiger partial charge < -0.3 is 25.5 Å². The summed E-state index contributed by atoms with van der Waals surface area (Å²) in [5, 5.41) is 29.3. The Morgan fingerprint density at radius 2 is 2.18 bits per heavy atom. The number of hydrogen-bond donors (Lipinski definition) is 4. The number of urea groups is 1. The number of carbonyl (C=O) groups excluding carboxylic acids is 1. The van der Waals surface area contributed by atoms with Crippen molar-refractivity contribution in [1.29, 1.82) is 0 Å². The number of carboxylic acid groups (broad SMARTS) is 1. The van der Waals surface area contributed by atoms with Crippen LogP contribution in [0.1, 0.15) is 13.3 Å². The Balaban J connectivity index is 2.38. The number of nitrogens with zero attached hydrogens (tertiary/aromatic N) is 1. The number of aliphatic hydroxyl groups is 2. The Kier molecular flexibility index (Phi) is 4.30. The number of nitrogens with one attached hydrogen (secondary N) is 1. The van der Waals surface area contributed by atoms with Crippen LogP contribution in [0.4, 0.5) is 4.79 Å². The number of amides is 2. The summed E-state index contributed by atoms with van der Waals surface area (Å²) in [4.78, 5) is 23.7. The van der Waals surface area contributed by atoms with Gasteiger partial charge in [0.05, 0.1) is 6.54 Å². The molecular formula is C10H18N2O5. The summed E-state index contributed by atoms with van der Waals surface area (Å²) < 4.78 is 0. The minimum Gasteiger partial charge on any atom is -0.479 e. The van der Waals surface area contributed by atoms with Crippen molar-refractivity contribution in [3.05, 3.63) is 0 Å². The second-order valence-electron chi connectivity index (χ2n) is 4.52. The number of aliphatic hydroxyl groups excluding tert-OH is 1. The molecule has 0 spiro atoms. The van der Waals surface area contributed by atoms with Crippen LogP contribution in [-0.2, 0) is 4.79 Å². The van der Waals surface area contributed by atoms with Crippen LogP contribution < -0.4 is 5.32 Å². The quantitative estimate of drug-likeness (QED) is 0.500. The van der Waals surface area contributed by atoms with Crippen LogP contribution in [0.3, 0.4) is 0 Å². The molecule has 0 aliphatic carbocycles. The third-order valence-electron chi connectivity index (χ3n) is 2.88. The molecule has 1 aliphatic heterocycles. The van der Waals surface area contributed by atoms with Gasteiger partial charge in [-0.05, 0) is 13.3 Å². The molecule has 0 radical (unpaired) electrons. The van der Waals surface area contributed by atoms with Crippen molar-refractivity contribution in [1.82, 2.24) is 10.2 Å². The Labute approximate surface area is 99.0 Å². The van der Waals surface area contributed by atoms with Gasteiger partial charge in [-0.25, -0.2) is 9.59 Å². The van der Waals surface area contributed by atoms with Gasteiger partial charge in [-0.15, -0.1) is 0 Å². The fourth-order valence-corrected chi connectivity index (χ4v) is 1.60. The Morgan fingerprint density at radius 3 is 2.65 bits per heavy atom. The van der Waals surface area contributed by atoms with E-state index in [9.17, 15) is 14.7 Å². The average Bonchev–Trinajstić information content (AvgIpc) is 2.74. The maximum absolute atomic E-state index is 11.6. The van der Waals surface area contributed by atoms with Gasteiger partial charge in [0.15, 0.2) is 5.60 Å². The van der Waals surface area contributed by atoms with Crippen LogP contribution in [-0.4, -0.2) is 64.1 Å². The molecule has 0 saturated carbocycles. The molecule has 0 aromatic rings. The monoisotopic (exact) mass is 246 g/mol. The Hall–Kier alpha value is -1.34. The van der Waals surface area contributed by atoms with Crippen LogP contribution in [0.15, 0.2) is 0 Å². The summed E-state index contributed by atoms with van der Waals surface area (Å²) in [5.74, 6) is -1.30. The molecule has 98 valence electrons. The third kappa shape index (κ3) is 3.57. The molecule has 2 atom stereocenters. The number of likely N-dealkylation sites (tertiary alicyclic amines) is 1. The van der Waals surface area contributed by atoms with E-state index in [0.29, 0.717) is 13.1 Å². The molecule has 17 heavy (non-hydrogen) atoms. The zero-order valence-electron chi connectivity index (χ0n) is 9.72. The third-order valence-corrected chi connectivity index (χ3v) is 2.88. The number of carboxylic acids is 1. The average molecular weight is 246 g/mol. The van der Waals surface area contributed by atoms with Crippen molar-refractivity contribution in [3.8, 4) is 0 Å². The first kappa shape index (κ1) is 13.7. The van der Waals surface area contributed by atoms with Gasteiger partial charge >= 0.3 is 12.0 Å². The first-order chi connectivity index (χ1) is 7.86.